The average Bonchev–Trinajstić information content (AvgIpc) is 3.16. The quantitative estimate of drug-likeness (QED) is 0.202. The molecular formula is C29H36F3IN4. The standard InChI is InChI=1S/C29H36F3IN4/c1-18-12-22-21-8-4-5-9-25(21)35-27(22)28(37(18)17-29(2,3)32)26-23(31)13-19(14-24(26)33)34-20-15-36(16-20)11-7-6-10-30/h4-5,8-9,13-14,18,20,28,34-35H,6-7,10-12,15-17H2,1-3H3/t18-,28-/m1/s1. The molecule has 2 aromatic carbocycles. The molecule has 3 heterocycles. The maximum atomic E-state index is 16.0. The first-order valence-electron chi connectivity index (χ1n) is 13.2. The summed E-state index contributed by atoms with van der Waals surface area (Å²) in [7, 11) is 0. The number of nitrogens with one attached hydrogen (secondary N) is 2. The molecule has 0 saturated carbocycles. The lowest BCUT2D eigenvalue weighted by Crippen LogP contribution is -2.54. The van der Waals surface area contributed by atoms with E-state index in [2.05, 4.69) is 55.7 Å². The first-order chi connectivity index (χ1) is 17.6. The zero-order valence-corrected chi connectivity index (χ0v) is 23.9. The highest BCUT2D eigenvalue weighted by atomic mass is 127. The molecule has 37 heavy (non-hydrogen) atoms. The number of anilines is 1. The molecule has 2 N–H and O–H groups in total. The van der Waals surface area contributed by atoms with Crippen LogP contribution in [0, 0.1) is 9.39 Å². The van der Waals surface area contributed by atoms with E-state index in [-0.39, 0.29) is 31.1 Å². The largest absolute Gasteiger partial charge is 0.380 e. The maximum absolute atomic E-state index is 16.0. The van der Waals surface area contributed by atoms with Crippen molar-refractivity contribution in [1.29, 1.82) is 0 Å². The number of fused-ring (bicyclic) bond motifs is 3. The molecule has 2 aliphatic rings. The summed E-state index contributed by atoms with van der Waals surface area (Å²) in [5.74, 6) is -0.279. The van der Waals surface area contributed by atoms with Gasteiger partial charge in [-0.05, 0) is 92.9 Å². The molecule has 1 fully saturated rings. The van der Waals surface area contributed by atoms with E-state index in [1.807, 2.05) is 24.3 Å². The van der Waals surface area contributed by atoms with E-state index in [1.165, 1.54) is 5.56 Å². The number of nitrogens with zero attached hydrogens (tertiary/aromatic N) is 2. The number of aromatic nitrogens is 1. The number of para-hydroxylation sites is 1. The second-order valence-electron chi connectivity index (χ2n) is 11.3. The van der Waals surface area contributed by atoms with Crippen molar-refractivity contribution in [3.8, 4) is 0 Å². The van der Waals surface area contributed by atoms with Crippen molar-refractivity contribution in [2.75, 3.05) is 38.2 Å². The van der Waals surface area contributed by atoms with Crippen LogP contribution < -0.4 is 5.32 Å². The number of unbranched alkanes of at least 4 members (excludes halogenated alkanes) is 1. The van der Waals surface area contributed by atoms with E-state index in [4.69, 9.17) is 0 Å². The summed E-state index contributed by atoms with van der Waals surface area (Å²) in [6, 6.07) is 11.7. The smallest absolute Gasteiger partial charge is 0.131 e. The monoisotopic (exact) mass is 624 g/mol. The van der Waals surface area contributed by atoms with E-state index in [0.717, 1.165) is 58.3 Å². The van der Waals surface area contributed by atoms with Gasteiger partial charge in [0.1, 0.15) is 11.5 Å². The number of H-pyrrole nitrogens is 1. The second-order valence-corrected chi connectivity index (χ2v) is 12.4. The summed E-state index contributed by atoms with van der Waals surface area (Å²) in [6.45, 7) is 7.90. The number of alkyl halides is 2. The van der Waals surface area contributed by atoms with Gasteiger partial charge in [-0.1, -0.05) is 18.2 Å². The van der Waals surface area contributed by atoms with Crippen molar-refractivity contribution in [3.63, 3.8) is 0 Å². The van der Waals surface area contributed by atoms with Crippen LogP contribution in [0.25, 0.3) is 10.9 Å². The number of aromatic amines is 1. The van der Waals surface area contributed by atoms with Crippen LogP contribution in [0.2, 0.25) is 0 Å². The van der Waals surface area contributed by atoms with Gasteiger partial charge in [-0.3, -0.25) is 14.2 Å². The Morgan fingerprint density at radius 1 is 1.16 bits per heavy atom. The van der Waals surface area contributed by atoms with Crippen molar-refractivity contribution >= 4 is 39.2 Å². The minimum absolute atomic E-state index is 0.0538. The molecule has 1 aromatic heterocycles. The van der Waals surface area contributed by atoms with E-state index in [9.17, 15) is 4.39 Å². The number of hydrogen-bond donors (Lipinski definition) is 2. The number of hydrogen-bond acceptors (Lipinski definition) is 3. The van der Waals surface area contributed by atoms with Gasteiger partial charge in [0.25, 0.3) is 0 Å². The Morgan fingerprint density at radius 2 is 1.92 bits per heavy atom. The van der Waals surface area contributed by atoms with E-state index < -0.39 is 11.7 Å². The van der Waals surface area contributed by atoms with Crippen LogP contribution in [-0.2, 0) is 6.42 Å². The van der Waals surface area contributed by atoms with Gasteiger partial charge in [0.05, 0.1) is 18.8 Å². The zero-order chi connectivity index (χ0) is 26.3. The molecule has 0 radical (unpaired) electrons. The lowest BCUT2D eigenvalue weighted by molar-refractivity contribution is 0.0653. The molecule has 200 valence electrons. The van der Waals surface area contributed by atoms with Gasteiger partial charge in [-0.2, -0.15) is 0 Å². The summed E-state index contributed by atoms with van der Waals surface area (Å²) in [4.78, 5) is 7.98. The number of benzene rings is 2. The highest BCUT2D eigenvalue weighted by molar-refractivity contribution is 14.1. The topological polar surface area (TPSA) is 34.3 Å². The molecule has 2 aliphatic heterocycles. The molecule has 1 saturated heterocycles. The predicted octanol–water partition coefficient (Wildman–Crippen LogP) is 6.84. The van der Waals surface area contributed by atoms with Crippen LogP contribution in [-0.4, -0.2) is 65.4 Å². The third-order valence-electron chi connectivity index (χ3n) is 7.61. The van der Waals surface area contributed by atoms with Gasteiger partial charge in [-0.25, -0.2) is 8.78 Å². The first-order valence-corrected chi connectivity index (χ1v) is 14.3. The SMILES string of the molecule is C[C@@H]1Cc2c([nH]c3ccccc23)[C@@H](c2c(F)cc(NC3CN(CCCCF)C3)cc2I)N1CC(C)(C)F. The number of rotatable bonds is 9. The van der Waals surface area contributed by atoms with Crippen molar-refractivity contribution < 1.29 is 13.2 Å². The highest BCUT2D eigenvalue weighted by Gasteiger charge is 2.40. The van der Waals surface area contributed by atoms with Gasteiger partial charge in [0.2, 0.25) is 0 Å². The van der Waals surface area contributed by atoms with Crippen LogP contribution in [0.5, 0.6) is 0 Å². The van der Waals surface area contributed by atoms with E-state index in [0.29, 0.717) is 12.0 Å². The Labute approximate surface area is 231 Å². The Bertz CT molecular complexity index is 1220. The molecule has 8 heteroatoms. The molecule has 0 spiro atoms. The third kappa shape index (κ3) is 5.66. The third-order valence-corrected chi connectivity index (χ3v) is 8.51. The van der Waals surface area contributed by atoms with Crippen LogP contribution >= 0.6 is 22.6 Å². The van der Waals surface area contributed by atoms with Gasteiger partial charge < -0.3 is 10.3 Å². The molecule has 2 atom stereocenters. The summed E-state index contributed by atoms with van der Waals surface area (Å²) in [5.41, 5.74) is 3.12. The van der Waals surface area contributed by atoms with Gasteiger partial charge in [0, 0.05) is 57.1 Å². The first kappa shape index (κ1) is 26.8. The fourth-order valence-corrected chi connectivity index (χ4v) is 6.82. The minimum atomic E-state index is -1.42. The van der Waals surface area contributed by atoms with Gasteiger partial charge in [0.15, 0.2) is 0 Å². The predicted molar refractivity (Wildman–Crippen MR) is 153 cm³/mol. The van der Waals surface area contributed by atoms with Crippen molar-refractivity contribution in [1.82, 2.24) is 14.8 Å². The number of halogens is 4. The highest BCUT2D eigenvalue weighted by Crippen LogP contribution is 2.44. The summed E-state index contributed by atoms with van der Waals surface area (Å²) >= 11 is 2.23. The maximum Gasteiger partial charge on any atom is 0.131 e. The summed E-state index contributed by atoms with van der Waals surface area (Å²) < 4.78 is 44.2. The Kier molecular flexibility index (Phi) is 7.80. The lowest BCUT2D eigenvalue weighted by atomic mass is 9.87. The van der Waals surface area contributed by atoms with Crippen LogP contribution in [0.3, 0.4) is 0 Å². The van der Waals surface area contributed by atoms with Crippen LogP contribution in [0.1, 0.15) is 56.5 Å². The average molecular weight is 625 g/mol. The Balaban J connectivity index is 1.45. The Hall–Kier alpha value is -1.78. The van der Waals surface area contributed by atoms with Crippen molar-refractivity contribution in [2.24, 2.45) is 0 Å². The molecule has 0 unspecified atom stereocenters. The van der Waals surface area contributed by atoms with Gasteiger partial charge >= 0.3 is 0 Å². The van der Waals surface area contributed by atoms with Crippen molar-refractivity contribution in [2.45, 2.75) is 63.8 Å². The molecule has 5 rings (SSSR count). The Morgan fingerprint density at radius 3 is 2.62 bits per heavy atom. The normalized spacial score (nSPS) is 21.3. The molecule has 3 aromatic rings. The van der Waals surface area contributed by atoms with Crippen LogP contribution in [0.15, 0.2) is 36.4 Å². The second kappa shape index (κ2) is 10.8. The van der Waals surface area contributed by atoms with Crippen LogP contribution in [0.4, 0.5) is 18.9 Å². The fourth-order valence-electron chi connectivity index (χ4n) is 5.94. The molecule has 0 bridgehead atoms. The van der Waals surface area contributed by atoms with E-state index in [1.54, 1.807) is 19.9 Å². The summed E-state index contributed by atoms with van der Waals surface area (Å²) in [5, 5.41) is 4.62. The van der Waals surface area contributed by atoms with E-state index >= 15 is 8.78 Å². The molecule has 4 nitrogen and oxygen atoms in total. The molecule has 0 amide bonds. The lowest BCUT2D eigenvalue weighted by Gasteiger charge is -2.43. The minimum Gasteiger partial charge on any atom is -0.380 e. The zero-order valence-electron chi connectivity index (χ0n) is 21.8. The van der Waals surface area contributed by atoms with Crippen molar-refractivity contribution in [3.05, 3.63) is 62.6 Å². The summed E-state index contributed by atoms with van der Waals surface area (Å²) in [6.07, 6.45) is 2.26. The fraction of sp³-hybridized carbons (Fsp3) is 0.517. The molecule has 0 aliphatic carbocycles. The molecular weight excluding hydrogens is 588 g/mol. The number of likely N-dealkylation sites (tertiary alicyclic amines) is 1. The van der Waals surface area contributed by atoms with Gasteiger partial charge in [-0.15, -0.1) is 0 Å².